The minimum Gasteiger partial charge on any atom is -0.459 e. The Morgan fingerprint density at radius 3 is 2.09 bits per heavy atom. The Labute approximate surface area is 206 Å². The lowest BCUT2D eigenvalue weighted by atomic mass is 10.0. The van der Waals surface area contributed by atoms with Crippen LogP contribution in [0.25, 0.3) is 11.0 Å². The van der Waals surface area contributed by atoms with E-state index in [1.807, 2.05) is 6.92 Å². The van der Waals surface area contributed by atoms with Crippen molar-refractivity contribution in [3.8, 4) is 5.75 Å². The van der Waals surface area contributed by atoms with Crippen LogP contribution in [0.4, 0.5) is 0 Å². The normalized spacial score (nSPS) is 11.0. The van der Waals surface area contributed by atoms with Gasteiger partial charge >= 0.3 is 5.97 Å². The van der Waals surface area contributed by atoms with Crippen molar-refractivity contribution in [2.45, 2.75) is 26.2 Å². The summed E-state index contributed by atoms with van der Waals surface area (Å²) in [5.74, 6) is 0.150. The van der Waals surface area contributed by atoms with Crippen LogP contribution >= 0.6 is 34.8 Å². The van der Waals surface area contributed by atoms with Gasteiger partial charge in [0.15, 0.2) is 11.4 Å². The van der Waals surface area contributed by atoms with Crippen molar-refractivity contribution < 1.29 is 18.7 Å². The first-order chi connectivity index (χ1) is 15.9. The fourth-order valence-corrected chi connectivity index (χ4v) is 4.07. The molecule has 0 unspecified atom stereocenters. The average molecular weight is 502 g/mol. The molecule has 4 rings (SSSR count). The number of benzene rings is 3. The van der Waals surface area contributed by atoms with Crippen molar-refractivity contribution in [1.29, 1.82) is 0 Å². The average Bonchev–Trinajstić information content (AvgIpc) is 3.21. The van der Waals surface area contributed by atoms with Crippen LogP contribution in [0.1, 0.15) is 45.4 Å². The molecule has 4 aromatic rings. The monoisotopic (exact) mass is 500 g/mol. The van der Waals surface area contributed by atoms with E-state index < -0.39 is 5.97 Å². The molecule has 0 saturated carbocycles. The molecule has 4 nitrogen and oxygen atoms in total. The molecule has 0 aliphatic carbocycles. The first kappa shape index (κ1) is 23.4. The standard InChI is InChI=1S/C26H19Cl3O4/c1-2-3-17-12-22(29)25-21(24(17)33-26(31)16-6-10-19(28)11-7-16)13-20(32-25)14-23(30)15-4-8-18(27)9-5-15/h4-13H,2-3,14H2,1H3. The van der Waals surface area contributed by atoms with Crippen molar-refractivity contribution in [2.75, 3.05) is 0 Å². The van der Waals surface area contributed by atoms with Gasteiger partial charge in [-0.05, 0) is 72.6 Å². The van der Waals surface area contributed by atoms with E-state index in [9.17, 15) is 9.59 Å². The minimum absolute atomic E-state index is 0.0281. The number of aryl methyl sites for hydroxylation is 1. The number of carbonyl (C=O) groups is 2. The van der Waals surface area contributed by atoms with Gasteiger partial charge in [-0.25, -0.2) is 4.79 Å². The van der Waals surface area contributed by atoms with Crippen LogP contribution in [0, 0.1) is 0 Å². The Balaban J connectivity index is 1.70. The van der Waals surface area contributed by atoms with E-state index >= 15 is 0 Å². The van der Waals surface area contributed by atoms with E-state index in [0.29, 0.717) is 55.1 Å². The maximum Gasteiger partial charge on any atom is 0.343 e. The molecule has 3 aromatic carbocycles. The summed E-state index contributed by atoms with van der Waals surface area (Å²) >= 11 is 18.3. The largest absolute Gasteiger partial charge is 0.459 e. The second-order valence-electron chi connectivity index (χ2n) is 7.56. The van der Waals surface area contributed by atoms with E-state index in [1.165, 1.54) is 0 Å². The topological polar surface area (TPSA) is 56.5 Å². The molecule has 1 heterocycles. The van der Waals surface area contributed by atoms with Crippen LogP contribution in [-0.2, 0) is 12.8 Å². The highest BCUT2D eigenvalue weighted by Crippen LogP contribution is 2.39. The van der Waals surface area contributed by atoms with Gasteiger partial charge in [-0.3, -0.25) is 4.79 Å². The summed E-state index contributed by atoms with van der Waals surface area (Å²) < 4.78 is 11.7. The van der Waals surface area contributed by atoms with Crippen molar-refractivity contribution in [1.82, 2.24) is 0 Å². The fourth-order valence-electron chi connectivity index (χ4n) is 3.54. The number of halogens is 3. The number of Topliss-reactive ketones (excluding diaryl/α,β-unsaturated/α-hetero) is 1. The molecule has 0 saturated heterocycles. The summed E-state index contributed by atoms with van der Waals surface area (Å²) in [4.78, 5) is 25.5. The van der Waals surface area contributed by atoms with Gasteiger partial charge in [-0.1, -0.05) is 48.1 Å². The second-order valence-corrected chi connectivity index (χ2v) is 8.84. The third-order valence-corrected chi connectivity index (χ3v) is 5.92. The number of hydrogen-bond acceptors (Lipinski definition) is 4. The van der Waals surface area contributed by atoms with Crippen LogP contribution in [0.5, 0.6) is 5.75 Å². The first-order valence-corrected chi connectivity index (χ1v) is 11.5. The van der Waals surface area contributed by atoms with Crippen LogP contribution < -0.4 is 4.74 Å². The van der Waals surface area contributed by atoms with Gasteiger partial charge in [0, 0.05) is 15.6 Å². The molecule has 7 heteroatoms. The lowest BCUT2D eigenvalue weighted by molar-refractivity contribution is 0.0735. The van der Waals surface area contributed by atoms with Gasteiger partial charge in [0.05, 0.1) is 22.4 Å². The lowest BCUT2D eigenvalue weighted by Gasteiger charge is -2.12. The number of furan rings is 1. The Morgan fingerprint density at radius 2 is 1.48 bits per heavy atom. The van der Waals surface area contributed by atoms with Crippen LogP contribution in [0.2, 0.25) is 15.1 Å². The molecule has 0 fully saturated rings. The Hall–Kier alpha value is -2.79. The van der Waals surface area contributed by atoms with Gasteiger partial charge in [-0.15, -0.1) is 0 Å². The van der Waals surface area contributed by atoms with Crippen LogP contribution in [0.15, 0.2) is 65.1 Å². The quantitative estimate of drug-likeness (QED) is 0.146. The molecule has 0 radical (unpaired) electrons. The van der Waals surface area contributed by atoms with E-state index in [2.05, 4.69) is 0 Å². The van der Waals surface area contributed by atoms with E-state index in [4.69, 9.17) is 44.0 Å². The number of esters is 1. The van der Waals surface area contributed by atoms with Gasteiger partial charge in [0.2, 0.25) is 0 Å². The molecular weight excluding hydrogens is 483 g/mol. The molecule has 0 bridgehead atoms. The molecular formula is C26H19Cl3O4. The predicted molar refractivity (Wildman–Crippen MR) is 131 cm³/mol. The van der Waals surface area contributed by atoms with Crippen molar-refractivity contribution in [3.05, 3.63) is 98.2 Å². The van der Waals surface area contributed by atoms with Gasteiger partial charge < -0.3 is 9.15 Å². The SMILES string of the molecule is CCCc1cc(Cl)c2oc(CC(=O)c3ccc(Cl)cc3)cc2c1OC(=O)c1ccc(Cl)cc1. The van der Waals surface area contributed by atoms with Crippen molar-refractivity contribution in [3.63, 3.8) is 0 Å². The Kier molecular flexibility index (Phi) is 7.08. The van der Waals surface area contributed by atoms with Gasteiger partial charge in [0.25, 0.3) is 0 Å². The van der Waals surface area contributed by atoms with Gasteiger partial charge in [-0.2, -0.15) is 0 Å². The molecule has 0 spiro atoms. The number of ketones is 1. The molecule has 33 heavy (non-hydrogen) atoms. The molecule has 1 aromatic heterocycles. The Bertz CT molecular complexity index is 1320. The van der Waals surface area contributed by atoms with Crippen LogP contribution in [-0.4, -0.2) is 11.8 Å². The molecule has 0 N–H and O–H groups in total. The highest BCUT2D eigenvalue weighted by molar-refractivity contribution is 6.35. The zero-order valence-corrected chi connectivity index (χ0v) is 19.9. The zero-order valence-electron chi connectivity index (χ0n) is 17.7. The fraction of sp³-hybridized carbons (Fsp3) is 0.154. The number of fused-ring (bicyclic) bond motifs is 1. The maximum atomic E-state index is 12.8. The van der Waals surface area contributed by atoms with Crippen LogP contribution in [0.3, 0.4) is 0 Å². The number of hydrogen-bond donors (Lipinski definition) is 0. The number of ether oxygens (including phenoxy) is 1. The van der Waals surface area contributed by atoms with E-state index in [1.54, 1.807) is 60.7 Å². The maximum absolute atomic E-state index is 12.8. The summed E-state index contributed by atoms with van der Waals surface area (Å²) in [5.41, 5.74) is 2.04. The summed E-state index contributed by atoms with van der Waals surface area (Å²) in [7, 11) is 0. The summed E-state index contributed by atoms with van der Waals surface area (Å²) in [6.45, 7) is 2.02. The number of rotatable bonds is 7. The second kappa shape index (κ2) is 10.0. The van der Waals surface area contributed by atoms with Gasteiger partial charge in [0.1, 0.15) is 11.5 Å². The molecule has 0 atom stereocenters. The van der Waals surface area contributed by atoms with Crippen molar-refractivity contribution >= 4 is 57.5 Å². The third kappa shape index (κ3) is 5.25. The minimum atomic E-state index is -0.521. The Morgan fingerprint density at radius 1 is 0.879 bits per heavy atom. The highest BCUT2D eigenvalue weighted by atomic mass is 35.5. The van der Waals surface area contributed by atoms with E-state index in [0.717, 1.165) is 12.0 Å². The summed E-state index contributed by atoms with van der Waals surface area (Å²) in [6, 6.07) is 16.6. The predicted octanol–water partition coefficient (Wildman–Crippen LogP) is 7.99. The number of carbonyl (C=O) groups excluding carboxylic acids is 2. The third-order valence-electron chi connectivity index (χ3n) is 5.13. The van der Waals surface area contributed by atoms with Crippen molar-refractivity contribution in [2.24, 2.45) is 0 Å². The molecule has 168 valence electrons. The van der Waals surface area contributed by atoms with E-state index in [-0.39, 0.29) is 12.2 Å². The summed E-state index contributed by atoms with van der Waals surface area (Å²) in [6.07, 6.45) is 1.51. The summed E-state index contributed by atoms with van der Waals surface area (Å²) in [5, 5.41) is 2.02. The zero-order chi connectivity index (χ0) is 23.5. The lowest BCUT2D eigenvalue weighted by Crippen LogP contribution is -2.10. The smallest absolute Gasteiger partial charge is 0.343 e. The highest BCUT2D eigenvalue weighted by Gasteiger charge is 2.21. The molecule has 0 aliphatic heterocycles. The molecule has 0 aliphatic rings. The molecule has 0 amide bonds. The first-order valence-electron chi connectivity index (χ1n) is 10.4.